The molecule has 0 unspecified atom stereocenters. The van der Waals surface area contributed by atoms with E-state index < -0.39 is 0 Å². The summed E-state index contributed by atoms with van der Waals surface area (Å²) in [7, 11) is 0. The third-order valence-electron chi connectivity index (χ3n) is 4.45. The number of nitrogens with zero attached hydrogens (tertiary/aromatic N) is 3. The largest absolute Gasteiger partial charge is 0.379 e. The summed E-state index contributed by atoms with van der Waals surface area (Å²) in [6.07, 6.45) is 0.805. The average molecular weight is 399 g/mol. The summed E-state index contributed by atoms with van der Waals surface area (Å²) in [6.45, 7) is 6.84. The topological polar surface area (TPSA) is 50.3 Å². The van der Waals surface area contributed by atoms with Crippen LogP contribution >= 0.6 is 22.7 Å². The lowest BCUT2D eigenvalue weighted by Crippen LogP contribution is -2.36. The molecule has 7 heteroatoms. The number of ether oxygens (including phenoxy) is 1. The van der Waals surface area contributed by atoms with E-state index in [4.69, 9.17) is 14.7 Å². The Morgan fingerprint density at radius 2 is 2.15 bits per heavy atom. The smallest absolute Gasteiger partial charge is 0.146 e. The molecule has 27 heavy (non-hydrogen) atoms. The van der Waals surface area contributed by atoms with Crippen molar-refractivity contribution in [1.82, 2.24) is 14.9 Å². The first-order chi connectivity index (χ1) is 13.3. The van der Waals surface area contributed by atoms with Crippen LogP contribution in [-0.4, -0.2) is 47.7 Å². The molecule has 1 aliphatic heterocycles. The maximum atomic E-state index is 5.45. The first kappa shape index (κ1) is 18.4. The monoisotopic (exact) mass is 398 g/mol. The average Bonchev–Trinajstić information content (AvgIpc) is 3.35. The van der Waals surface area contributed by atoms with Gasteiger partial charge in [-0.05, 0) is 18.4 Å². The summed E-state index contributed by atoms with van der Waals surface area (Å²) in [6, 6.07) is 4.24. The molecule has 3 aromatic rings. The molecule has 1 N–H and O–H groups in total. The Morgan fingerprint density at radius 3 is 2.93 bits per heavy atom. The van der Waals surface area contributed by atoms with E-state index >= 15 is 0 Å². The molecule has 0 aromatic carbocycles. The van der Waals surface area contributed by atoms with Crippen LogP contribution in [0.2, 0.25) is 0 Å². The number of nitrogens with one attached hydrogen (secondary N) is 1. The fourth-order valence-corrected chi connectivity index (χ4v) is 4.91. The van der Waals surface area contributed by atoms with Gasteiger partial charge in [-0.2, -0.15) is 0 Å². The van der Waals surface area contributed by atoms with Gasteiger partial charge >= 0.3 is 0 Å². The molecule has 0 spiro atoms. The summed E-state index contributed by atoms with van der Waals surface area (Å²) in [5.41, 5.74) is 1.21. The van der Waals surface area contributed by atoms with Gasteiger partial charge in [0.05, 0.1) is 25.1 Å². The lowest BCUT2D eigenvalue weighted by atomic mass is 10.2. The van der Waals surface area contributed by atoms with Gasteiger partial charge < -0.3 is 10.1 Å². The number of hydrogen-bond donors (Lipinski definition) is 1. The second kappa shape index (κ2) is 8.81. The van der Waals surface area contributed by atoms with Crippen molar-refractivity contribution in [2.45, 2.75) is 19.9 Å². The van der Waals surface area contributed by atoms with Crippen LogP contribution in [0.1, 0.15) is 19.2 Å². The van der Waals surface area contributed by atoms with Crippen LogP contribution in [0.3, 0.4) is 0 Å². The Hall–Kier alpha value is -1.98. The SMILES string of the molecule is CC#CCCNc1nc(CN2CCOCC2)nc2scc(-c3cccs3)c12. The van der Waals surface area contributed by atoms with Crippen LogP contribution in [0, 0.1) is 11.8 Å². The normalized spacial score (nSPS) is 14.9. The Kier molecular flexibility index (Phi) is 6.00. The first-order valence-electron chi connectivity index (χ1n) is 9.10. The zero-order valence-corrected chi connectivity index (χ0v) is 17.0. The summed E-state index contributed by atoms with van der Waals surface area (Å²) in [5.74, 6) is 7.85. The molecule has 0 atom stereocenters. The molecule has 0 bridgehead atoms. The quantitative estimate of drug-likeness (QED) is 0.501. The summed E-state index contributed by atoms with van der Waals surface area (Å²) < 4.78 is 5.45. The number of thiophene rings is 2. The molecule has 0 aliphatic carbocycles. The van der Waals surface area contributed by atoms with E-state index in [0.29, 0.717) is 0 Å². The Bertz CT molecular complexity index is 950. The highest BCUT2D eigenvalue weighted by Crippen LogP contribution is 2.38. The zero-order valence-electron chi connectivity index (χ0n) is 15.3. The van der Waals surface area contributed by atoms with Gasteiger partial charge in [-0.25, -0.2) is 9.97 Å². The molecule has 1 aliphatic rings. The van der Waals surface area contributed by atoms with Crippen LogP contribution in [-0.2, 0) is 11.3 Å². The Balaban J connectivity index is 1.67. The van der Waals surface area contributed by atoms with Crippen molar-refractivity contribution >= 4 is 38.7 Å². The second-order valence-corrected chi connectivity index (χ2v) is 8.09. The van der Waals surface area contributed by atoms with Crippen molar-refractivity contribution in [2.75, 3.05) is 38.2 Å². The van der Waals surface area contributed by atoms with Crippen molar-refractivity contribution in [3.8, 4) is 22.3 Å². The first-order valence-corrected chi connectivity index (χ1v) is 10.9. The van der Waals surface area contributed by atoms with Gasteiger partial charge in [-0.15, -0.1) is 34.5 Å². The number of anilines is 1. The number of rotatable bonds is 6. The van der Waals surface area contributed by atoms with Gasteiger partial charge in [-0.1, -0.05) is 6.07 Å². The Morgan fingerprint density at radius 1 is 1.26 bits per heavy atom. The third kappa shape index (κ3) is 4.30. The van der Waals surface area contributed by atoms with Crippen LogP contribution in [0.5, 0.6) is 0 Å². The Labute approximate surface area is 167 Å². The van der Waals surface area contributed by atoms with Gasteiger partial charge in [-0.3, -0.25) is 4.90 Å². The number of hydrogen-bond acceptors (Lipinski definition) is 7. The summed E-state index contributed by atoms with van der Waals surface area (Å²) in [5, 5.41) is 8.93. The number of aromatic nitrogens is 2. The summed E-state index contributed by atoms with van der Waals surface area (Å²) in [4.78, 5) is 14.4. The lowest BCUT2D eigenvalue weighted by molar-refractivity contribution is 0.0331. The maximum Gasteiger partial charge on any atom is 0.146 e. The molecule has 1 saturated heterocycles. The minimum Gasteiger partial charge on any atom is -0.379 e. The predicted octanol–water partition coefficient (Wildman–Crippen LogP) is 4.08. The summed E-state index contributed by atoms with van der Waals surface area (Å²) >= 11 is 3.44. The van der Waals surface area contributed by atoms with E-state index in [1.165, 1.54) is 10.4 Å². The second-order valence-electron chi connectivity index (χ2n) is 6.29. The van der Waals surface area contributed by atoms with Crippen molar-refractivity contribution < 1.29 is 4.74 Å². The highest BCUT2D eigenvalue weighted by molar-refractivity contribution is 7.18. The minimum absolute atomic E-state index is 0.759. The van der Waals surface area contributed by atoms with E-state index in [1.807, 2.05) is 6.92 Å². The molecule has 4 heterocycles. The van der Waals surface area contributed by atoms with Crippen LogP contribution in [0.15, 0.2) is 22.9 Å². The van der Waals surface area contributed by atoms with Crippen molar-refractivity contribution in [1.29, 1.82) is 0 Å². The lowest BCUT2D eigenvalue weighted by Gasteiger charge is -2.25. The number of morpholine rings is 1. The van der Waals surface area contributed by atoms with Crippen molar-refractivity contribution in [2.24, 2.45) is 0 Å². The predicted molar refractivity (Wildman–Crippen MR) is 113 cm³/mol. The number of fused-ring (bicyclic) bond motifs is 1. The molecule has 4 rings (SSSR count). The van der Waals surface area contributed by atoms with Gasteiger partial charge in [0.2, 0.25) is 0 Å². The molecular formula is C20H22N4OS2. The molecular weight excluding hydrogens is 376 g/mol. The highest BCUT2D eigenvalue weighted by atomic mass is 32.1. The minimum atomic E-state index is 0.759. The van der Waals surface area contributed by atoms with Crippen LogP contribution in [0.25, 0.3) is 20.7 Å². The third-order valence-corrected chi connectivity index (χ3v) is 6.23. The fraction of sp³-hybridized carbons (Fsp3) is 0.400. The maximum absolute atomic E-state index is 5.45. The van der Waals surface area contributed by atoms with Gasteiger partial charge in [0.25, 0.3) is 0 Å². The van der Waals surface area contributed by atoms with E-state index in [2.05, 4.69) is 45.0 Å². The zero-order chi connectivity index (χ0) is 18.5. The van der Waals surface area contributed by atoms with E-state index in [1.54, 1.807) is 22.7 Å². The van der Waals surface area contributed by atoms with Crippen LogP contribution in [0.4, 0.5) is 5.82 Å². The highest BCUT2D eigenvalue weighted by Gasteiger charge is 2.18. The van der Waals surface area contributed by atoms with E-state index in [0.717, 1.165) is 67.7 Å². The molecule has 140 valence electrons. The molecule has 3 aromatic heterocycles. The van der Waals surface area contributed by atoms with E-state index in [-0.39, 0.29) is 0 Å². The standard InChI is InChI=1S/C20H22N4OS2/c1-2-3-4-7-21-19-18-15(16-6-5-12-26-16)14-27-20(18)23-17(22-19)13-24-8-10-25-11-9-24/h5-6,12,14H,4,7-11,13H2,1H3,(H,21,22,23). The molecule has 0 saturated carbocycles. The van der Waals surface area contributed by atoms with Gasteiger partial charge in [0.1, 0.15) is 16.5 Å². The van der Waals surface area contributed by atoms with Gasteiger partial charge in [0.15, 0.2) is 0 Å². The molecule has 0 radical (unpaired) electrons. The molecule has 1 fully saturated rings. The van der Waals surface area contributed by atoms with E-state index in [9.17, 15) is 0 Å². The molecule has 5 nitrogen and oxygen atoms in total. The fourth-order valence-electron chi connectivity index (χ4n) is 3.13. The van der Waals surface area contributed by atoms with Crippen LogP contribution < -0.4 is 5.32 Å². The van der Waals surface area contributed by atoms with Crippen molar-refractivity contribution in [3.05, 3.63) is 28.7 Å². The molecule has 0 amide bonds. The van der Waals surface area contributed by atoms with Crippen molar-refractivity contribution in [3.63, 3.8) is 0 Å². The van der Waals surface area contributed by atoms with Gasteiger partial charge in [0, 0.05) is 41.9 Å².